The van der Waals surface area contributed by atoms with Crippen molar-refractivity contribution in [1.82, 2.24) is 9.78 Å². The highest BCUT2D eigenvalue weighted by Crippen LogP contribution is 2.10. The molecule has 0 fully saturated rings. The second-order valence-electron chi connectivity index (χ2n) is 3.95. The summed E-state index contributed by atoms with van der Waals surface area (Å²) >= 11 is 0. The van der Waals surface area contributed by atoms with Crippen LogP contribution in [0.25, 0.3) is 0 Å². The smallest absolute Gasteiger partial charge is 0.354 e. The summed E-state index contributed by atoms with van der Waals surface area (Å²) in [6, 6.07) is 10.6. The Kier molecular flexibility index (Phi) is 3.11. The van der Waals surface area contributed by atoms with E-state index in [1.807, 2.05) is 12.1 Å². The molecule has 90 valence electrons. The normalized spacial score (nSPS) is 10.0. The number of benzene rings is 1. The number of nitrogens with zero attached hydrogens (tertiary/aromatic N) is 3. The van der Waals surface area contributed by atoms with Crippen LogP contribution in [0, 0.1) is 18.3 Å². The van der Waals surface area contributed by atoms with Crippen LogP contribution >= 0.6 is 0 Å². The van der Waals surface area contributed by atoms with E-state index < -0.39 is 5.97 Å². The van der Waals surface area contributed by atoms with Gasteiger partial charge < -0.3 is 5.11 Å². The Bertz CT molecular complexity index is 638. The molecule has 1 aromatic carbocycles. The Morgan fingerprint density at radius 3 is 2.94 bits per heavy atom. The molecule has 0 aliphatic heterocycles. The summed E-state index contributed by atoms with van der Waals surface area (Å²) < 4.78 is 1.42. The zero-order valence-corrected chi connectivity index (χ0v) is 9.79. The van der Waals surface area contributed by atoms with Crippen LogP contribution in [-0.2, 0) is 6.54 Å². The van der Waals surface area contributed by atoms with Crippen molar-refractivity contribution in [2.24, 2.45) is 0 Å². The monoisotopic (exact) mass is 241 g/mol. The molecule has 2 rings (SSSR count). The van der Waals surface area contributed by atoms with E-state index in [-0.39, 0.29) is 5.69 Å². The molecule has 0 bridgehead atoms. The summed E-state index contributed by atoms with van der Waals surface area (Å²) in [5, 5.41) is 22.0. The lowest BCUT2D eigenvalue weighted by Crippen LogP contribution is -2.10. The number of hydrogen-bond acceptors (Lipinski definition) is 3. The van der Waals surface area contributed by atoms with Gasteiger partial charge >= 0.3 is 5.97 Å². The van der Waals surface area contributed by atoms with Crippen LogP contribution in [0.5, 0.6) is 0 Å². The number of carboxylic acid groups (broad SMARTS) is 1. The van der Waals surface area contributed by atoms with Crippen molar-refractivity contribution in [3.8, 4) is 6.07 Å². The summed E-state index contributed by atoms with van der Waals surface area (Å²) in [5.74, 6) is -1.01. The third-order valence-electron chi connectivity index (χ3n) is 2.51. The number of rotatable bonds is 3. The van der Waals surface area contributed by atoms with Gasteiger partial charge in [0.2, 0.25) is 0 Å². The van der Waals surface area contributed by atoms with Gasteiger partial charge in [-0.2, -0.15) is 10.4 Å². The SMILES string of the molecule is Cc1cc(C(=O)O)n(Cc2cccc(C#N)c2)n1. The standard InChI is InChI=1S/C13H11N3O2/c1-9-5-12(13(17)18)16(15-9)8-11-4-2-3-10(6-11)7-14/h2-6H,8H2,1H3,(H,17,18). The minimum atomic E-state index is -1.01. The Morgan fingerprint density at radius 2 is 2.28 bits per heavy atom. The zero-order chi connectivity index (χ0) is 13.1. The van der Waals surface area contributed by atoms with Crippen LogP contribution in [0.2, 0.25) is 0 Å². The summed E-state index contributed by atoms with van der Waals surface area (Å²) in [6.45, 7) is 2.08. The van der Waals surface area contributed by atoms with Crippen LogP contribution < -0.4 is 0 Å². The highest BCUT2D eigenvalue weighted by molar-refractivity contribution is 5.85. The zero-order valence-electron chi connectivity index (χ0n) is 9.79. The summed E-state index contributed by atoms with van der Waals surface area (Å²) in [7, 11) is 0. The quantitative estimate of drug-likeness (QED) is 0.888. The maximum Gasteiger partial charge on any atom is 0.354 e. The first kappa shape index (κ1) is 11.9. The van der Waals surface area contributed by atoms with Gasteiger partial charge in [-0.05, 0) is 30.7 Å². The average Bonchev–Trinajstić information content (AvgIpc) is 2.70. The number of aromatic nitrogens is 2. The van der Waals surface area contributed by atoms with E-state index >= 15 is 0 Å². The topological polar surface area (TPSA) is 78.9 Å². The van der Waals surface area contributed by atoms with Crippen molar-refractivity contribution < 1.29 is 9.90 Å². The maximum atomic E-state index is 11.0. The van der Waals surface area contributed by atoms with Crippen molar-refractivity contribution in [2.75, 3.05) is 0 Å². The van der Waals surface area contributed by atoms with Gasteiger partial charge in [-0.3, -0.25) is 4.68 Å². The van der Waals surface area contributed by atoms with E-state index in [0.717, 1.165) is 5.56 Å². The Labute approximate surface area is 104 Å². The molecule has 5 nitrogen and oxygen atoms in total. The third-order valence-corrected chi connectivity index (χ3v) is 2.51. The minimum Gasteiger partial charge on any atom is -0.477 e. The number of aryl methyl sites for hydroxylation is 1. The molecule has 1 N–H and O–H groups in total. The molecule has 0 radical (unpaired) electrons. The first-order valence-electron chi connectivity index (χ1n) is 5.37. The Balaban J connectivity index is 2.34. The van der Waals surface area contributed by atoms with E-state index in [0.29, 0.717) is 17.8 Å². The van der Waals surface area contributed by atoms with Gasteiger partial charge in [-0.15, -0.1) is 0 Å². The molecule has 18 heavy (non-hydrogen) atoms. The van der Waals surface area contributed by atoms with Crippen LogP contribution in [-0.4, -0.2) is 20.9 Å². The molecule has 0 spiro atoms. The molecule has 2 aromatic rings. The predicted molar refractivity (Wildman–Crippen MR) is 64.2 cm³/mol. The van der Waals surface area contributed by atoms with Crippen molar-refractivity contribution in [3.63, 3.8) is 0 Å². The number of hydrogen-bond donors (Lipinski definition) is 1. The second kappa shape index (κ2) is 4.72. The number of aromatic carboxylic acids is 1. The second-order valence-corrected chi connectivity index (χ2v) is 3.95. The highest BCUT2D eigenvalue weighted by Gasteiger charge is 2.12. The number of carboxylic acids is 1. The lowest BCUT2D eigenvalue weighted by atomic mass is 10.1. The van der Waals surface area contributed by atoms with E-state index in [2.05, 4.69) is 5.10 Å². The van der Waals surface area contributed by atoms with Crippen LogP contribution in [0.4, 0.5) is 0 Å². The molecule has 0 saturated carbocycles. The average molecular weight is 241 g/mol. The molecule has 0 unspecified atom stereocenters. The lowest BCUT2D eigenvalue weighted by Gasteiger charge is -2.04. The van der Waals surface area contributed by atoms with Crippen molar-refractivity contribution in [2.45, 2.75) is 13.5 Å². The fourth-order valence-electron chi connectivity index (χ4n) is 1.75. The first-order valence-corrected chi connectivity index (χ1v) is 5.37. The molecule has 0 saturated heterocycles. The van der Waals surface area contributed by atoms with Gasteiger partial charge in [0.1, 0.15) is 5.69 Å². The van der Waals surface area contributed by atoms with E-state index in [9.17, 15) is 4.79 Å². The first-order chi connectivity index (χ1) is 8.60. The highest BCUT2D eigenvalue weighted by atomic mass is 16.4. The number of nitriles is 1. The Hall–Kier alpha value is -2.61. The van der Waals surface area contributed by atoms with Gasteiger partial charge in [0.25, 0.3) is 0 Å². The molecule has 0 atom stereocenters. The molecule has 0 amide bonds. The molecule has 1 aromatic heterocycles. The summed E-state index contributed by atoms with van der Waals surface area (Å²) in [4.78, 5) is 11.0. The largest absolute Gasteiger partial charge is 0.477 e. The fraction of sp³-hybridized carbons (Fsp3) is 0.154. The molecule has 5 heteroatoms. The van der Waals surface area contributed by atoms with E-state index in [1.54, 1.807) is 25.1 Å². The lowest BCUT2D eigenvalue weighted by molar-refractivity contribution is 0.0684. The van der Waals surface area contributed by atoms with Gasteiger partial charge in [0.15, 0.2) is 0 Å². The van der Waals surface area contributed by atoms with Gasteiger partial charge in [-0.1, -0.05) is 12.1 Å². The maximum absolute atomic E-state index is 11.0. The summed E-state index contributed by atoms with van der Waals surface area (Å²) in [6.07, 6.45) is 0. The molecular formula is C13H11N3O2. The van der Waals surface area contributed by atoms with Gasteiger partial charge in [0, 0.05) is 0 Å². The number of carbonyl (C=O) groups is 1. The molecule has 0 aliphatic carbocycles. The van der Waals surface area contributed by atoms with Gasteiger partial charge in [0.05, 0.1) is 23.9 Å². The molecule has 0 aliphatic rings. The molecule has 1 heterocycles. The van der Waals surface area contributed by atoms with Crippen LogP contribution in [0.3, 0.4) is 0 Å². The minimum absolute atomic E-state index is 0.148. The summed E-state index contributed by atoms with van der Waals surface area (Å²) in [5.41, 5.74) is 2.20. The molecular weight excluding hydrogens is 230 g/mol. The van der Waals surface area contributed by atoms with Gasteiger partial charge in [-0.25, -0.2) is 4.79 Å². The Morgan fingerprint density at radius 1 is 1.50 bits per heavy atom. The predicted octanol–water partition coefficient (Wildman–Crippen LogP) is 1.81. The van der Waals surface area contributed by atoms with E-state index in [4.69, 9.17) is 10.4 Å². The van der Waals surface area contributed by atoms with Crippen molar-refractivity contribution >= 4 is 5.97 Å². The van der Waals surface area contributed by atoms with Crippen LogP contribution in [0.15, 0.2) is 30.3 Å². The fourth-order valence-corrected chi connectivity index (χ4v) is 1.75. The van der Waals surface area contributed by atoms with Crippen LogP contribution in [0.1, 0.15) is 27.3 Å². The van der Waals surface area contributed by atoms with Crippen molar-refractivity contribution in [3.05, 3.63) is 52.8 Å². The van der Waals surface area contributed by atoms with E-state index in [1.165, 1.54) is 10.7 Å². The van der Waals surface area contributed by atoms with Crippen molar-refractivity contribution in [1.29, 1.82) is 5.26 Å². The third kappa shape index (κ3) is 2.38.